The third-order valence-electron chi connectivity index (χ3n) is 7.81. The van der Waals surface area contributed by atoms with Gasteiger partial charge < -0.3 is 20.4 Å². The zero-order valence-corrected chi connectivity index (χ0v) is 25.1. The third kappa shape index (κ3) is 7.69. The summed E-state index contributed by atoms with van der Waals surface area (Å²) in [7, 11) is -3.33. The molecular formula is C31H36ClN5O4S. The molecule has 2 aliphatic heterocycles. The monoisotopic (exact) mass is 609 g/mol. The molecule has 2 aliphatic rings. The van der Waals surface area contributed by atoms with E-state index in [2.05, 4.69) is 26.3 Å². The first-order valence-corrected chi connectivity index (χ1v) is 16.3. The van der Waals surface area contributed by atoms with Crippen molar-refractivity contribution < 1.29 is 18.0 Å². The van der Waals surface area contributed by atoms with E-state index in [9.17, 15) is 18.0 Å². The largest absolute Gasteiger partial charge is 0.368 e. The quantitative estimate of drug-likeness (QED) is 0.344. The number of rotatable bonds is 9. The molecule has 0 aromatic heterocycles. The summed E-state index contributed by atoms with van der Waals surface area (Å²) in [5.41, 5.74) is 5.04. The number of hydrogen-bond acceptors (Lipinski definition) is 6. The molecule has 0 unspecified atom stereocenters. The van der Waals surface area contributed by atoms with Gasteiger partial charge in [0, 0.05) is 56.4 Å². The van der Waals surface area contributed by atoms with Crippen LogP contribution >= 0.6 is 11.6 Å². The summed E-state index contributed by atoms with van der Waals surface area (Å²) in [4.78, 5) is 31.3. The number of benzene rings is 3. The van der Waals surface area contributed by atoms with E-state index in [1.807, 2.05) is 54.6 Å². The molecule has 0 bridgehead atoms. The van der Waals surface area contributed by atoms with Gasteiger partial charge in [0.1, 0.15) is 6.04 Å². The Bertz CT molecular complexity index is 1520. The average Bonchev–Trinajstić information content (AvgIpc) is 3.00. The number of sulfonamides is 1. The summed E-state index contributed by atoms with van der Waals surface area (Å²) in [6.07, 6.45) is 2.06. The zero-order chi connectivity index (χ0) is 29.7. The highest BCUT2D eigenvalue weighted by atomic mass is 35.5. The Morgan fingerprint density at radius 2 is 1.62 bits per heavy atom. The number of nitrogens with zero attached hydrogens (tertiary/aromatic N) is 2. The minimum atomic E-state index is -3.33. The Morgan fingerprint density at radius 1 is 0.952 bits per heavy atom. The van der Waals surface area contributed by atoms with Gasteiger partial charge in [-0.1, -0.05) is 66.2 Å². The topological polar surface area (TPSA) is 111 Å². The van der Waals surface area contributed by atoms with Gasteiger partial charge in [0.15, 0.2) is 0 Å². The molecule has 42 heavy (non-hydrogen) atoms. The van der Waals surface area contributed by atoms with Crippen molar-refractivity contribution in [1.82, 2.24) is 20.3 Å². The standard InChI is InChI=1S/C31H36ClN5O4S/c1-42(40,41)34-21-25-8-4-5-9-29(25)36-14-16-37(17-15-36)31(39)28(18-22-10-12-26(32)13-11-22)35-30(38)27-19-23-6-2-3-7-24(23)20-33-27/h2-13,27-28,33-34H,14-21H2,1H3,(H,35,38)/t27-,28-/m1/s1. The number of nitrogens with one attached hydrogen (secondary N) is 3. The van der Waals surface area contributed by atoms with Gasteiger partial charge in [-0.25, -0.2) is 13.1 Å². The second-order valence-electron chi connectivity index (χ2n) is 10.8. The molecule has 3 aromatic carbocycles. The molecule has 222 valence electrons. The molecule has 2 heterocycles. The van der Waals surface area contributed by atoms with Crippen molar-refractivity contribution in [1.29, 1.82) is 0 Å². The van der Waals surface area contributed by atoms with Crippen LogP contribution in [0.15, 0.2) is 72.8 Å². The van der Waals surface area contributed by atoms with E-state index < -0.39 is 22.1 Å². The van der Waals surface area contributed by atoms with Gasteiger partial charge in [0.2, 0.25) is 21.8 Å². The number of hydrogen-bond donors (Lipinski definition) is 3. The summed E-state index contributed by atoms with van der Waals surface area (Å²) >= 11 is 6.09. The Kier molecular flexibility index (Phi) is 9.47. The first-order valence-electron chi connectivity index (χ1n) is 14.1. The van der Waals surface area contributed by atoms with Gasteiger partial charge >= 0.3 is 0 Å². The fourth-order valence-corrected chi connectivity index (χ4v) is 6.08. The van der Waals surface area contributed by atoms with Crippen LogP contribution in [0.1, 0.15) is 22.3 Å². The number of para-hydroxylation sites is 1. The van der Waals surface area contributed by atoms with Crippen LogP contribution < -0.4 is 20.3 Å². The number of fused-ring (bicyclic) bond motifs is 1. The second kappa shape index (κ2) is 13.2. The van der Waals surface area contributed by atoms with Gasteiger partial charge in [0.25, 0.3) is 0 Å². The van der Waals surface area contributed by atoms with Crippen LogP contribution in [0.5, 0.6) is 0 Å². The Balaban J connectivity index is 1.26. The molecule has 3 N–H and O–H groups in total. The second-order valence-corrected chi connectivity index (χ2v) is 13.1. The van der Waals surface area contributed by atoms with Crippen LogP contribution in [0, 0.1) is 0 Å². The lowest BCUT2D eigenvalue weighted by atomic mass is 9.95. The molecule has 1 fully saturated rings. The van der Waals surface area contributed by atoms with Gasteiger partial charge in [-0.3, -0.25) is 9.59 Å². The van der Waals surface area contributed by atoms with Crippen molar-refractivity contribution >= 4 is 39.1 Å². The first kappa shape index (κ1) is 30.0. The number of anilines is 1. The van der Waals surface area contributed by atoms with Gasteiger partial charge in [0.05, 0.1) is 12.3 Å². The fraction of sp³-hybridized carbons (Fsp3) is 0.355. The molecule has 3 aromatic rings. The molecule has 0 spiro atoms. The molecule has 0 saturated carbocycles. The number of halogens is 1. The molecule has 1 saturated heterocycles. The molecule has 9 nitrogen and oxygen atoms in total. The number of amides is 2. The highest BCUT2D eigenvalue weighted by Gasteiger charge is 2.32. The highest BCUT2D eigenvalue weighted by Crippen LogP contribution is 2.23. The maximum absolute atomic E-state index is 13.9. The lowest BCUT2D eigenvalue weighted by molar-refractivity contribution is -0.137. The Hall–Kier alpha value is -3.44. The highest BCUT2D eigenvalue weighted by molar-refractivity contribution is 7.88. The lowest BCUT2D eigenvalue weighted by Gasteiger charge is -2.38. The molecule has 0 aliphatic carbocycles. The van der Waals surface area contributed by atoms with E-state index in [4.69, 9.17) is 11.6 Å². The van der Waals surface area contributed by atoms with Gasteiger partial charge in [-0.05, 0) is 46.9 Å². The van der Waals surface area contributed by atoms with Crippen LogP contribution in [0.3, 0.4) is 0 Å². The first-order chi connectivity index (χ1) is 20.2. The van der Waals surface area contributed by atoms with Gasteiger partial charge in [-0.15, -0.1) is 0 Å². The van der Waals surface area contributed by atoms with Crippen LogP contribution in [-0.2, 0) is 45.5 Å². The molecule has 5 rings (SSSR count). The number of piperazine rings is 1. The minimum absolute atomic E-state index is 0.124. The molecule has 2 amide bonds. The Labute approximate surface area is 252 Å². The third-order valence-corrected chi connectivity index (χ3v) is 8.73. The van der Waals surface area contributed by atoms with E-state index in [1.54, 1.807) is 17.0 Å². The molecule has 11 heteroatoms. The summed E-state index contributed by atoms with van der Waals surface area (Å²) in [5.74, 6) is -0.316. The fourth-order valence-electron chi connectivity index (χ4n) is 5.53. The van der Waals surface area contributed by atoms with Crippen molar-refractivity contribution in [3.63, 3.8) is 0 Å². The summed E-state index contributed by atoms with van der Waals surface area (Å²) < 4.78 is 25.9. The van der Waals surface area contributed by atoms with Crippen LogP contribution in [0.2, 0.25) is 5.02 Å². The van der Waals surface area contributed by atoms with Crippen LogP contribution in [0.25, 0.3) is 0 Å². The summed E-state index contributed by atoms with van der Waals surface area (Å²) in [6.45, 7) is 2.94. The van der Waals surface area contributed by atoms with E-state index in [1.165, 1.54) is 5.56 Å². The maximum Gasteiger partial charge on any atom is 0.245 e. The lowest BCUT2D eigenvalue weighted by Crippen LogP contribution is -2.58. The van der Waals surface area contributed by atoms with Gasteiger partial charge in [-0.2, -0.15) is 0 Å². The van der Waals surface area contributed by atoms with Crippen LogP contribution in [0.4, 0.5) is 5.69 Å². The van der Waals surface area contributed by atoms with E-state index >= 15 is 0 Å². The molecule has 0 radical (unpaired) electrons. The molecule has 2 atom stereocenters. The minimum Gasteiger partial charge on any atom is -0.368 e. The molecular weight excluding hydrogens is 574 g/mol. The smallest absolute Gasteiger partial charge is 0.245 e. The van der Waals surface area contributed by atoms with E-state index in [0.717, 1.165) is 28.6 Å². The maximum atomic E-state index is 13.9. The number of carbonyl (C=O) groups excluding carboxylic acids is 2. The normalized spacial score (nSPS) is 17.8. The SMILES string of the molecule is CS(=O)(=O)NCc1ccccc1N1CCN(C(=O)[C@@H](Cc2ccc(Cl)cc2)NC(=O)[C@H]2Cc3ccccc3CN2)CC1. The van der Waals surface area contributed by atoms with Crippen molar-refractivity contribution in [2.75, 3.05) is 37.3 Å². The number of carbonyl (C=O) groups is 2. The average molecular weight is 610 g/mol. The predicted molar refractivity (Wildman–Crippen MR) is 165 cm³/mol. The zero-order valence-electron chi connectivity index (χ0n) is 23.6. The van der Waals surface area contributed by atoms with E-state index in [0.29, 0.717) is 50.6 Å². The predicted octanol–water partition coefficient (Wildman–Crippen LogP) is 2.48. The van der Waals surface area contributed by atoms with Crippen molar-refractivity contribution in [2.24, 2.45) is 0 Å². The van der Waals surface area contributed by atoms with Crippen molar-refractivity contribution in [2.45, 2.75) is 38.0 Å². The summed E-state index contributed by atoms with van der Waals surface area (Å²) in [6, 6.07) is 21.9. The van der Waals surface area contributed by atoms with Crippen LogP contribution in [-0.4, -0.2) is 69.7 Å². The Morgan fingerprint density at radius 3 is 2.33 bits per heavy atom. The summed E-state index contributed by atoms with van der Waals surface area (Å²) in [5, 5.41) is 6.98. The van der Waals surface area contributed by atoms with Crippen molar-refractivity contribution in [3.05, 3.63) is 100 Å². The van der Waals surface area contributed by atoms with E-state index in [-0.39, 0.29) is 18.4 Å². The van der Waals surface area contributed by atoms with Crippen molar-refractivity contribution in [3.8, 4) is 0 Å².